The summed E-state index contributed by atoms with van der Waals surface area (Å²) in [6.45, 7) is 2.75. The van der Waals surface area contributed by atoms with Crippen molar-refractivity contribution in [2.24, 2.45) is 0 Å². The molecule has 33 heavy (non-hydrogen) atoms. The van der Waals surface area contributed by atoms with E-state index in [0.717, 1.165) is 15.9 Å². The SMILES string of the molecule is CC1COCCN1c1nc2n(c(=O)c1F)CCC(C(F)(F)F)N2CC(=O)N1CCC12COC2. The van der Waals surface area contributed by atoms with Gasteiger partial charge in [0.1, 0.15) is 12.6 Å². The van der Waals surface area contributed by atoms with E-state index in [1.165, 1.54) is 9.80 Å². The lowest BCUT2D eigenvalue weighted by atomic mass is 9.82. The van der Waals surface area contributed by atoms with Gasteiger partial charge in [-0.1, -0.05) is 0 Å². The van der Waals surface area contributed by atoms with Crippen LogP contribution in [-0.4, -0.2) is 90.2 Å². The molecule has 1 aromatic heterocycles. The summed E-state index contributed by atoms with van der Waals surface area (Å²) < 4.78 is 68.3. The molecule has 2 unspecified atom stereocenters. The minimum atomic E-state index is -4.66. The van der Waals surface area contributed by atoms with Gasteiger partial charge < -0.3 is 24.2 Å². The van der Waals surface area contributed by atoms with Crippen LogP contribution in [0.4, 0.5) is 29.3 Å². The van der Waals surface area contributed by atoms with Crippen LogP contribution in [0.25, 0.3) is 0 Å². The Balaban J connectivity index is 1.53. The Hall–Kier alpha value is -2.41. The summed E-state index contributed by atoms with van der Waals surface area (Å²) in [7, 11) is 0. The van der Waals surface area contributed by atoms with E-state index >= 15 is 4.39 Å². The number of likely N-dealkylation sites (tertiary alicyclic amines) is 1. The maximum atomic E-state index is 15.0. The highest BCUT2D eigenvalue weighted by atomic mass is 19.4. The molecule has 9 nitrogen and oxygen atoms in total. The fourth-order valence-electron chi connectivity index (χ4n) is 5.03. The second-order valence-corrected chi connectivity index (χ2v) is 9.11. The van der Waals surface area contributed by atoms with Crippen molar-refractivity contribution in [1.29, 1.82) is 0 Å². The van der Waals surface area contributed by atoms with Crippen molar-refractivity contribution in [1.82, 2.24) is 14.5 Å². The molecule has 5 rings (SSSR count). The highest BCUT2D eigenvalue weighted by molar-refractivity contribution is 5.83. The van der Waals surface area contributed by atoms with Gasteiger partial charge in [0.25, 0.3) is 5.56 Å². The molecule has 3 fully saturated rings. The van der Waals surface area contributed by atoms with Crippen LogP contribution in [0, 0.1) is 5.82 Å². The normalized spacial score (nSPS) is 26.6. The zero-order valence-corrected chi connectivity index (χ0v) is 18.1. The van der Waals surface area contributed by atoms with Gasteiger partial charge in [-0.2, -0.15) is 22.5 Å². The number of halogens is 4. The van der Waals surface area contributed by atoms with Gasteiger partial charge in [0.15, 0.2) is 5.82 Å². The van der Waals surface area contributed by atoms with Crippen LogP contribution in [0.15, 0.2) is 4.79 Å². The van der Waals surface area contributed by atoms with E-state index in [2.05, 4.69) is 4.98 Å². The van der Waals surface area contributed by atoms with Gasteiger partial charge in [-0.3, -0.25) is 14.2 Å². The molecule has 0 saturated carbocycles. The molecule has 3 saturated heterocycles. The van der Waals surface area contributed by atoms with Crippen molar-refractivity contribution in [3.8, 4) is 0 Å². The zero-order chi connectivity index (χ0) is 23.5. The predicted molar refractivity (Wildman–Crippen MR) is 108 cm³/mol. The van der Waals surface area contributed by atoms with Crippen LogP contribution >= 0.6 is 0 Å². The number of hydrogen-bond acceptors (Lipinski definition) is 7. The molecule has 0 radical (unpaired) electrons. The molecule has 182 valence electrons. The lowest BCUT2D eigenvalue weighted by Gasteiger charge is -2.58. The molecule has 13 heteroatoms. The molecular weight excluding hydrogens is 450 g/mol. The second kappa shape index (κ2) is 7.83. The summed E-state index contributed by atoms with van der Waals surface area (Å²) >= 11 is 0. The van der Waals surface area contributed by atoms with Gasteiger partial charge in [-0.25, -0.2) is 0 Å². The van der Waals surface area contributed by atoms with E-state index in [1.807, 2.05) is 0 Å². The average molecular weight is 475 g/mol. The minimum absolute atomic E-state index is 0.242. The molecule has 5 heterocycles. The lowest BCUT2D eigenvalue weighted by molar-refractivity contribution is -0.199. The first kappa shape index (κ1) is 22.4. The van der Waals surface area contributed by atoms with Crippen LogP contribution in [0.1, 0.15) is 19.8 Å². The molecule has 1 amide bonds. The lowest BCUT2D eigenvalue weighted by Crippen LogP contribution is -2.73. The number of rotatable bonds is 3. The number of amides is 1. The van der Waals surface area contributed by atoms with Crippen molar-refractivity contribution in [3.05, 3.63) is 16.2 Å². The molecule has 4 aliphatic heterocycles. The van der Waals surface area contributed by atoms with Gasteiger partial charge in [-0.15, -0.1) is 0 Å². The first-order chi connectivity index (χ1) is 15.6. The van der Waals surface area contributed by atoms with E-state index in [4.69, 9.17) is 9.47 Å². The van der Waals surface area contributed by atoms with Crippen molar-refractivity contribution >= 4 is 17.7 Å². The first-order valence-corrected chi connectivity index (χ1v) is 11.0. The van der Waals surface area contributed by atoms with E-state index in [-0.39, 0.29) is 44.1 Å². The number of ether oxygens (including phenoxy) is 2. The van der Waals surface area contributed by atoms with Crippen LogP contribution in [0.2, 0.25) is 0 Å². The van der Waals surface area contributed by atoms with Gasteiger partial charge in [0.2, 0.25) is 17.7 Å². The predicted octanol–water partition coefficient (Wildman–Crippen LogP) is 0.750. The average Bonchev–Trinajstić information content (AvgIpc) is 2.68. The Morgan fingerprint density at radius 2 is 1.97 bits per heavy atom. The Morgan fingerprint density at radius 3 is 2.55 bits per heavy atom. The minimum Gasteiger partial charge on any atom is -0.377 e. The van der Waals surface area contributed by atoms with Crippen molar-refractivity contribution in [2.45, 2.75) is 50.1 Å². The number of hydrogen-bond donors (Lipinski definition) is 0. The Bertz CT molecular complexity index is 1010. The van der Waals surface area contributed by atoms with Gasteiger partial charge in [0.05, 0.1) is 38.0 Å². The number of nitrogens with zero attached hydrogens (tertiary/aromatic N) is 5. The standard InChI is InChI=1S/C20H25F4N5O4/c1-12-9-32-7-6-26(12)16-15(21)17(31)27-4-2-13(20(22,23)24)28(18(27)25-16)8-14(30)29-5-3-19(29)10-33-11-19/h12-13H,2-11H2,1H3. The third-order valence-corrected chi connectivity index (χ3v) is 7.07. The summed E-state index contributed by atoms with van der Waals surface area (Å²) in [5, 5.41) is 0. The maximum Gasteiger partial charge on any atom is 0.408 e. The molecular formula is C20H25F4N5O4. The molecule has 1 aromatic rings. The summed E-state index contributed by atoms with van der Waals surface area (Å²) in [6.07, 6.45) is -4.40. The molecule has 1 spiro atoms. The van der Waals surface area contributed by atoms with Crippen molar-refractivity contribution in [3.63, 3.8) is 0 Å². The highest BCUT2D eigenvalue weighted by Gasteiger charge is 2.54. The van der Waals surface area contributed by atoms with Gasteiger partial charge in [0, 0.05) is 19.6 Å². The first-order valence-electron chi connectivity index (χ1n) is 11.0. The number of fused-ring (bicyclic) bond motifs is 1. The number of carbonyl (C=O) groups excluding carboxylic acids is 1. The summed E-state index contributed by atoms with van der Waals surface area (Å²) in [5.41, 5.74) is -1.48. The Morgan fingerprint density at radius 1 is 1.21 bits per heavy atom. The molecule has 4 aliphatic rings. The Labute approximate surface area is 186 Å². The smallest absolute Gasteiger partial charge is 0.377 e. The number of alkyl halides is 3. The molecule has 0 aromatic carbocycles. The maximum absolute atomic E-state index is 15.0. The number of anilines is 2. The van der Waals surface area contributed by atoms with E-state index < -0.39 is 48.0 Å². The largest absolute Gasteiger partial charge is 0.408 e. The van der Waals surface area contributed by atoms with E-state index in [1.54, 1.807) is 6.92 Å². The second-order valence-electron chi connectivity index (χ2n) is 9.11. The summed E-state index contributed by atoms with van der Waals surface area (Å²) in [6, 6.07) is -2.33. The number of morpholine rings is 1. The van der Waals surface area contributed by atoms with Gasteiger partial charge >= 0.3 is 6.18 Å². The number of aromatic nitrogens is 2. The van der Waals surface area contributed by atoms with E-state index in [9.17, 15) is 22.8 Å². The molecule has 0 bridgehead atoms. The summed E-state index contributed by atoms with van der Waals surface area (Å²) in [4.78, 5) is 33.9. The highest BCUT2D eigenvalue weighted by Crippen LogP contribution is 2.39. The number of carbonyl (C=O) groups is 1. The van der Waals surface area contributed by atoms with Crippen LogP contribution in [0.3, 0.4) is 0 Å². The third-order valence-electron chi connectivity index (χ3n) is 7.07. The third kappa shape index (κ3) is 3.56. The fourth-order valence-corrected chi connectivity index (χ4v) is 5.03. The monoisotopic (exact) mass is 475 g/mol. The van der Waals surface area contributed by atoms with Crippen LogP contribution in [-0.2, 0) is 20.8 Å². The molecule has 0 aliphatic carbocycles. The quantitative estimate of drug-likeness (QED) is 0.597. The fraction of sp³-hybridized carbons (Fsp3) is 0.750. The van der Waals surface area contributed by atoms with Crippen molar-refractivity contribution < 1.29 is 31.8 Å². The molecule has 0 N–H and O–H groups in total. The topological polar surface area (TPSA) is 80.1 Å². The molecule has 2 atom stereocenters. The van der Waals surface area contributed by atoms with Crippen LogP contribution < -0.4 is 15.4 Å². The van der Waals surface area contributed by atoms with E-state index in [0.29, 0.717) is 19.8 Å². The van der Waals surface area contributed by atoms with Crippen LogP contribution in [0.5, 0.6) is 0 Å². The zero-order valence-electron chi connectivity index (χ0n) is 18.1. The van der Waals surface area contributed by atoms with Crippen molar-refractivity contribution in [2.75, 3.05) is 55.9 Å². The summed E-state index contributed by atoms with van der Waals surface area (Å²) in [5.74, 6) is -2.25. The Kier molecular flexibility index (Phi) is 5.31. The van der Waals surface area contributed by atoms with Gasteiger partial charge in [-0.05, 0) is 19.8 Å².